The first kappa shape index (κ1) is 12.6. The molecule has 1 aliphatic rings. The summed E-state index contributed by atoms with van der Waals surface area (Å²) in [6, 6.07) is -0.952. The lowest BCUT2D eigenvalue weighted by Crippen LogP contribution is -2.35. The molecule has 0 saturated heterocycles. The van der Waals surface area contributed by atoms with Gasteiger partial charge in [0.05, 0.1) is 0 Å². The Balaban J connectivity index is 2.99. The average Bonchev–Trinajstić information content (AvgIpc) is 2.17. The molecule has 0 spiro atoms. The van der Waals surface area contributed by atoms with Gasteiger partial charge in [0.25, 0.3) is 0 Å². The summed E-state index contributed by atoms with van der Waals surface area (Å²) in [5.41, 5.74) is 5.67. The number of hydrogen-bond acceptors (Lipinski definition) is 2. The first-order valence-electron chi connectivity index (χ1n) is 4.71. The van der Waals surface area contributed by atoms with Gasteiger partial charge in [0.15, 0.2) is 0 Å². The molecule has 0 saturated carbocycles. The highest BCUT2D eigenvalue weighted by Crippen LogP contribution is 2.27. The van der Waals surface area contributed by atoms with E-state index in [0.29, 0.717) is 0 Å². The maximum Gasteiger partial charge on any atom is 0.448 e. The van der Waals surface area contributed by atoms with Gasteiger partial charge < -0.3 is 10.8 Å². The van der Waals surface area contributed by atoms with E-state index >= 15 is 0 Å². The summed E-state index contributed by atoms with van der Waals surface area (Å²) in [7, 11) is 0. The van der Waals surface area contributed by atoms with Crippen molar-refractivity contribution in [2.75, 3.05) is 0 Å². The van der Waals surface area contributed by atoms with Crippen LogP contribution in [0.5, 0.6) is 0 Å². The van der Waals surface area contributed by atoms with E-state index in [9.17, 15) is 18.3 Å². The van der Waals surface area contributed by atoms with Crippen molar-refractivity contribution in [3.8, 4) is 0 Å². The molecule has 0 radical (unpaired) electrons. The van der Waals surface area contributed by atoms with Gasteiger partial charge in [-0.15, -0.1) is 0 Å². The van der Waals surface area contributed by atoms with Crippen LogP contribution in [0.15, 0.2) is 28.5 Å². The van der Waals surface area contributed by atoms with Crippen molar-refractivity contribution >= 4 is 5.84 Å². The smallest absolute Gasteiger partial charge is 0.448 e. The topological polar surface area (TPSA) is 58.6 Å². The van der Waals surface area contributed by atoms with Gasteiger partial charge in [0.1, 0.15) is 11.8 Å². The minimum absolute atomic E-state index is 0.203. The monoisotopic (exact) mass is 234 g/mol. The third-order valence-corrected chi connectivity index (χ3v) is 2.58. The Hall–Kier alpha value is -1.46. The van der Waals surface area contributed by atoms with Crippen LogP contribution in [-0.2, 0) is 0 Å². The van der Waals surface area contributed by atoms with Crippen LogP contribution >= 0.6 is 0 Å². The molecule has 0 aromatic rings. The molecule has 0 amide bonds. The summed E-state index contributed by atoms with van der Waals surface area (Å²) >= 11 is 0. The number of nitrogens with zero attached hydrogens (tertiary/aromatic N) is 1. The van der Waals surface area contributed by atoms with Crippen molar-refractivity contribution in [3.05, 3.63) is 23.5 Å². The van der Waals surface area contributed by atoms with Crippen LogP contribution in [0.1, 0.15) is 13.8 Å². The van der Waals surface area contributed by atoms with Gasteiger partial charge in [-0.3, -0.25) is 4.99 Å². The van der Waals surface area contributed by atoms with Gasteiger partial charge in [-0.2, -0.15) is 13.2 Å². The molecule has 3 nitrogen and oxygen atoms in total. The van der Waals surface area contributed by atoms with E-state index in [0.717, 1.165) is 5.57 Å². The fraction of sp³-hybridized carbons (Fsp3) is 0.500. The van der Waals surface area contributed by atoms with Crippen LogP contribution in [0.2, 0.25) is 0 Å². The number of aliphatic imine (C=N–C) groups is 1. The Morgan fingerprint density at radius 2 is 2.00 bits per heavy atom. The molecule has 0 fully saturated rings. The molecule has 0 aliphatic heterocycles. The second-order valence-corrected chi connectivity index (χ2v) is 3.75. The van der Waals surface area contributed by atoms with Crippen LogP contribution in [-0.4, -0.2) is 23.2 Å². The number of rotatable bonds is 1. The number of hydrogen-bond donors (Lipinski definition) is 2. The van der Waals surface area contributed by atoms with Crippen molar-refractivity contribution in [1.82, 2.24) is 0 Å². The van der Waals surface area contributed by atoms with E-state index in [2.05, 4.69) is 4.99 Å². The van der Waals surface area contributed by atoms with Crippen LogP contribution in [0.25, 0.3) is 0 Å². The second kappa shape index (κ2) is 4.19. The first-order valence-corrected chi connectivity index (χ1v) is 4.71. The lowest BCUT2D eigenvalue weighted by molar-refractivity contribution is -0.0603. The molecule has 2 atom stereocenters. The van der Waals surface area contributed by atoms with Crippen molar-refractivity contribution < 1.29 is 18.3 Å². The normalized spacial score (nSPS) is 27.4. The van der Waals surface area contributed by atoms with E-state index < -0.39 is 18.1 Å². The van der Waals surface area contributed by atoms with E-state index in [1.807, 2.05) is 0 Å². The van der Waals surface area contributed by atoms with Crippen LogP contribution in [0.3, 0.4) is 0 Å². The van der Waals surface area contributed by atoms with Gasteiger partial charge >= 0.3 is 6.18 Å². The predicted molar refractivity (Wildman–Crippen MR) is 55.1 cm³/mol. The van der Waals surface area contributed by atoms with Gasteiger partial charge in [0, 0.05) is 5.92 Å². The molecule has 0 aromatic carbocycles. The molecular weight excluding hydrogens is 221 g/mol. The highest BCUT2D eigenvalue weighted by atomic mass is 19.4. The van der Waals surface area contributed by atoms with E-state index in [-0.39, 0.29) is 11.7 Å². The molecule has 2 unspecified atom stereocenters. The molecule has 0 bridgehead atoms. The maximum atomic E-state index is 12.2. The van der Waals surface area contributed by atoms with Crippen molar-refractivity contribution in [2.45, 2.75) is 26.1 Å². The van der Waals surface area contributed by atoms with E-state index in [4.69, 9.17) is 5.73 Å². The fourth-order valence-electron chi connectivity index (χ4n) is 1.37. The Morgan fingerprint density at radius 3 is 2.50 bits per heavy atom. The van der Waals surface area contributed by atoms with Crippen molar-refractivity contribution in [2.24, 2.45) is 16.6 Å². The number of nitrogens with two attached hydrogens (primary N) is 1. The van der Waals surface area contributed by atoms with E-state index in [1.165, 1.54) is 6.08 Å². The zero-order valence-corrected chi connectivity index (χ0v) is 8.92. The number of allylic oxidation sites excluding steroid dienone is 2. The van der Waals surface area contributed by atoms with E-state index in [1.54, 1.807) is 19.9 Å². The minimum Gasteiger partial charge on any atom is -0.510 e. The zero-order valence-electron chi connectivity index (χ0n) is 8.92. The molecule has 0 heterocycles. The summed E-state index contributed by atoms with van der Waals surface area (Å²) < 4.78 is 36.6. The van der Waals surface area contributed by atoms with Crippen molar-refractivity contribution in [1.29, 1.82) is 0 Å². The molecule has 1 aliphatic carbocycles. The maximum absolute atomic E-state index is 12.2. The Labute approximate surface area is 91.2 Å². The summed E-state index contributed by atoms with van der Waals surface area (Å²) in [4.78, 5) is 3.33. The number of amidine groups is 1. The molecule has 0 aromatic heterocycles. The fourth-order valence-corrected chi connectivity index (χ4v) is 1.37. The summed E-state index contributed by atoms with van der Waals surface area (Å²) in [5.74, 6) is -1.92. The Bertz CT molecular complexity index is 369. The molecule has 16 heavy (non-hydrogen) atoms. The number of aliphatic hydroxyl groups is 1. The molecule has 90 valence electrons. The Morgan fingerprint density at radius 1 is 1.44 bits per heavy atom. The number of halogens is 3. The third kappa shape index (κ3) is 2.56. The lowest BCUT2D eigenvalue weighted by atomic mass is 9.89. The first-order chi connectivity index (χ1) is 7.23. The zero-order chi connectivity index (χ0) is 12.5. The largest absolute Gasteiger partial charge is 0.510 e. The van der Waals surface area contributed by atoms with Gasteiger partial charge in [-0.1, -0.05) is 18.6 Å². The number of aliphatic hydroxyl groups excluding tert-OH is 1. The standard InChI is InChI=1S/C10H13F3N2O/c1-5-3-4-7(16)8(6(5)2)15-9(14)10(11,12)13/h3-4,6,8,16H,1-2H3,(H2,14,15). The molecular formula is C10H13F3N2O. The lowest BCUT2D eigenvalue weighted by Gasteiger charge is -2.24. The predicted octanol–water partition coefficient (Wildman–Crippen LogP) is 2.31. The van der Waals surface area contributed by atoms with Crippen LogP contribution in [0, 0.1) is 5.92 Å². The van der Waals surface area contributed by atoms with Gasteiger partial charge in [0.2, 0.25) is 5.84 Å². The summed E-state index contributed by atoms with van der Waals surface area (Å²) in [6.45, 7) is 3.45. The SMILES string of the molecule is CC1=CC=C(O)C(N=C(N)C(F)(F)F)C1C. The average molecular weight is 234 g/mol. The highest BCUT2D eigenvalue weighted by molar-refractivity contribution is 5.86. The quantitative estimate of drug-likeness (QED) is 0.540. The summed E-state index contributed by atoms with van der Waals surface area (Å²) in [6.07, 6.45) is -1.67. The second-order valence-electron chi connectivity index (χ2n) is 3.75. The summed E-state index contributed by atoms with van der Waals surface area (Å²) in [5, 5.41) is 9.46. The third-order valence-electron chi connectivity index (χ3n) is 2.58. The number of alkyl halides is 3. The molecule has 3 N–H and O–H groups in total. The van der Waals surface area contributed by atoms with Gasteiger partial charge in [-0.05, 0) is 13.0 Å². The highest BCUT2D eigenvalue weighted by Gasteiger charge is 2.36. The molecule has 6 heteroatoms. The van der Waals surface area contributed by atoms with Gasteiger partial charge in [-0.25, -0.2) is 0 Å². The minimum atomic E-state index is -4.66. The van der Waals surface area contributed by atoms with Crippen LogP contribution < -0.4 is 5.73 Å². The Kier molecular flexibility index (Phi) is 3.30. The van der Waals surface area contributed by atoms with Crippen molar-refractivity contribution in [3.63, 3.8) is 0 Å². The molecule has 1 rings (SSSR count). The van der Waals surface area contributed by atoms with Crippen LogP contribution in [0.4, 0.5) is 13.2 Å².